The van der Waals surface area contributed by atoms with Crippen LogP contribution in [0, 0.1) is 5.92 Å². The van der Waals surface area contributed by atoms with E-state index in [0.29, 0.717) is 12.3 Å². The summed E-state index contributed by atoms with van der Waals surface area (Å²) in [5.74, 6) is -0.0431. The fourth-order valence-electron chi connectivity index (χ4n) is 2.00. The van der Waals surface area contributed by atoms with Crippen LogP contribution >= 0.6 is 0 Å². The summed E-state index contributed by atoms with van der Waals surface area (Å²) in [6.45, 7) is 5.56. The van der Waals surface area contributed by atoms with Gasteiger partial charge in [0.25, 0.3) is 0 Å². The number of piperidine rings is 1. The molecule has 1 saturated heterocycles. The van der Waals surface area contributed by atoms with Crippen molar-refractivity contribution in [2.45, 2.75) is 32.6 Å². The number of rotatable bonds is 4. The Morgan fingerprint density at radius 1 is 1.62 bits per heavy atom. The molecule has 1 atom stereocenters. The van der Waals surface area contributed by atoms with Crippen molar-refractivity contribution < 1.29 is 9.90 Å². The van der Waals surface area contributed by atoms with Gasteiger partial charge in [-0.05, 0) is 38.3 Å². The van der Waals surface area contributed by atoms with E-state index in [1.54, 1.807) is 0 Å². The molecule has 1 unspecified atom stereocenters. The van der Waals surface area contributed by atoms with Crippen LogP contribution in [0.4, 0.5) is 0 Å². The van der Waals surface area contributed by atoms with Crippen molar-refractivity contribution in [3.05, 3.63) is 0 Å². The molecular formula is C10H19NO2. The molecule has 0 spiro atoms. The molecule has 0 aromatic carbocycles. The van der Waals surface area contributed by atoms with Crippen molar-refractivity contribution in [2.24, 2.45) is 5.92 Å². The Balaban J connectivity index is 2.21. The highest BCUT2D eigenvalue weighted by molar-refractivity contribution is 5.66. The first-order valence-electron chi connectivity index (χ1n) is 5.16. The zero-order valence-corrected chi connectivity index (χ0v) is 8.33. The SMILES string of the molecule is CCN1CCCC(CCC(=O)O)C1. The molecular weight excluding hydrogens is 166 g/mol. The molecule has 1 fully saturated rings. The maximum Gasteiger partial charge on any atom is 0.303 e. The second kappa shape index (κ2) is 5.22. The molecule has 1 aliphatic heterocycles. The van der Waals surface area contributed by atoms with Crippen LogP contribution in [0.25, 0.3) is 0 Å². The fraction of sp³-hybridized carbons (Fsp3) is 0.900. The van der Waals surface area contributed by atoms with Crippen LogP contribution < -0.4 is 0 Å². The highest BCUT2D eigenvalue weighted by Gasteiger charge is 2.18. The van der Waals surface area contributed by atoms with Crippen molar-refractivity contribution in [1.82, 2.24) is 4.90 Å². The summed E-state index contributed by atoms with van der Waals surface area (Å²) < 4.78 is 0. The van der Waals surface area contributed by atoms with Gasteiger partial charge in [0, 0.05) is 13.0 Å². The average molecular weight is 185 g/mol. The minimum absolute atomic E-state index is 0.336. The molecule has 0 aliphatic carbocycles. The summed E-state index contributed by atoms with van der Waals surface area (Å²) in [5, 5.41) is 8.55. The summed E-state index contributed by atoms with van der Waals surface area (Å²) in [6.07, 6.45) is 3.63. The largest absolute Gasteiger partial charge is 0.481 e. The van der Waals surface area contributed by atoms with Gasteiger partial charge >= 0.3 is 5.97 Å². The number of hydrogen-bond acceptors (Lipinski definition) is 2. The highest BCUT2D eigenvalue weighted by atomic mass is 16.4. The van der Waals surface area contributed by atoms with Crippen molar-refractivity contribution >= 4 is 5.97 Å². The molecule has 1 heterocycles. The number of likely N-dealkylation sites (tertiary alicyclic amines) is 1. The lowest BCUT2D eigenvalue weighted by atomic mass is 9.93. The fourth-order valence-corrected chi connectivity index (χ4v) is 2.00. The Morgan fingerprint density at radius 3 is 3.00 bits per heavy atom. The van der Waals surface area contributed by atoms with E-state index in [1.807, 2.05) is 0 Å². The van der Waals surface area contributed by atoms with E-state index in [-0.39, 0.29) is 0 Å². The van der Waals surface area contributed by atoms with Crippen molar-refractivity contribution in [1.29, 1.82) is 0 Å². The highest BCUT2D eigenvalue weighted by Crippen LogP contribution is 2.20. The summed E-state index contributed by atoms with van der Waals surface area (Å²) in [4.78, 5) is 12.8. The first-order valence-corrected chi connectivity index (χ1v) is 5.16. The Labute approximate surface area is 79.7 Å². The zero-order valence-electron chi connectivity index (χ0n) is 8.33. The molecule has 0 aromatic heterocycles. The van der Waals surface area contributed by atoms with Crippen LogP contribution in [-0.2, 0) is 4.79 Å². The van der Waals surface area contributed by atoms with E-state index in [9.17, 15) is 4.79 Å². The molecule has 0 radical (unpaired) electrons. The molecule has 0 bridgehead atoms. The van der Waals surface area contributed by atoms with Gasteiger partial charge in [0.1, 0.15) is 0 Å². The van der Waals surface area contributed by atoms with Crippen LogP contribution in [0.2, 0.25) is 0 Å². The average Bonchev–Trinajstić information content (AvgIpc) is 2.15. The standard InChI is InChI=1S/C10H19NO2/c1-2-11-7-3-4-9(8-11)5-6-10(12)13/h9H,2-8H2,1H3,(H,12,13). The lowest BCUT2D eigenvalue weighted by Gasteiger charge is -2.31. The number of carbonyl (C=O) groups is 1. The normalized spacial score (nSPS) is 24.5. The van der Waals surface area contributed by atoms with Gasteiger partial charge in [-0.1, -0.05) is 6.92 Å². The van der Waals surface area contributed by atoms with Crippen LogP contribution in [-0.4, -0.2) is 35.6 Å². The molecule has 1 aliphatic rings. The Bertz CT molecular complexity index is 170. The molecule has 1 N–H and O–H groups in total. The molecule has 0 aromatic rings. The maximum atomic E-state index is 10.4. The third kappa shape index (κ3) is 3.77. The van der Waals surface area contributed by atoms with E-state index in [4.69, 9.17) is 5.11 Å². The monoisotopic (exact) mass is 185 g/mol. The number of nitrogens with zero attached hydrogens (tertiary/aromatic N) is 1. The first kappa shape index (κ1) is 10.5. The number of carboxylic acid groups (broad SMARTS) is 1. The topological polar surface area (TPSA) is 40.5 Å². The van der Waals surface area contributed by atoms with Crippen molar-refractivity contribution in [3.63, 3.8) is 0 Å². The molecule has 3 nitrogen and oxygen atoms in total. The Kier molecular flexibility index (Phi) is 4.22. The van der Waals surface area contributed by atoms with Crippen LogP contribution in [0.1, 0.15) is 32.6 Å². The van der Waals surface area contributed by atoms with E-state index in [2.05, 4.69) is 11.8 Å². The van der Waals surface area contributed by atoms with Gasteiger partial charge in [0.2, 0.25) is 0 Å². The third-order valence-corrected chi connectivity index (χ3v) is 2.82. The van der Waals surface area contributed by atoms with Crippen LogP contribution in [0.5, 0.6) is 0 Å². The predicted molar refractivity (Wildman–Crippen MR) is 51.7 cm³/mol. The van der Waals surface area contributed by atoms with Gasteiger partial charge in [-0.25, -0.2) is 0 Å². The maximum absolute atomic E-state index is 10.4. The molecule has 1 rings (SSSR count). The summed E-state index contributed by atoms with van der Waals surface area (Å²) in [7, 11) is 0. The van der Waals surface area contributed by atoms with E-state index in [1.165, 1.54) is 19.4 Å². The van der Waals surface area contributed by atoms with E-state index in [0.717, 1.165) is 19.5 Å². The lowest BCUT2D eigenvalue weighted by molar-refractivity contribution is -0.137. The second-order valence-corrected chi connectivity index (χ2v) is 3.83. The molecule has 0 amide bonds. The molecule has 0 saturated carbocycles. The van der Waals surface area contributed by atoms with Crippen LogP contribution in [0.15, 0.2) is 0 Å². The summed E-state index contributed by atoms with van der Waals surface area (Å²) in [5.41, 5.74) is 0. The minimum atomic E-state index is -0.659. The molecule has 76 valence electrons. The van der Waals surface area contributed by atoms with Crippen molar-refractivity contribution in [3.8, 4) is 0 Å². The predicted octanol–water partition coefficient (Wildman–Crippen LogP) is 1.58. The summed E-state index contributed by atoms with van der Waals surface area (Å²) >= 11 is 0. The smallest absolute Gasteiger partial charge is 0.303 e. The molecule has 13 heavy (non-hydrogen) atoms. The van der Waals surface area contributed by atoms with Gasteiger partial charge < -0.3 is 10.0 Å². The quantitative estimate of drug-likeness (QED) is 0.723. The van der Waals surface area contributed by atoms with Gasteiger partial charge in [-0.15, -0.1) is 0 Å². The minimum Gasteiger partial charge on any atom is -0.481 e. The van der Waals surface area contributed by atoms with Gasteiger partial charge in [-0.3, -0.25) is 4.79 Å². The molecule has 3 heteroatoms. The summed E-state index contributed by atoms with van der Waals surface area (Å²) in [6, 6.07) is 0. The Morgan fingerprint density at radius 2 is 2.38 bits per heavy atom. The van der Waals surface area contributed by atoms with E-state index < -0.39 is 5.97 Å². The third-order valence-electron chi connectivity index (χ3n) is 2.82. The lowest BCUT2D eigenvalue weighted by Crippen LogP contribution is -2.35. The van der Waals surface area contributed by atoms with Gasteiger partial charge in [0.05, 0.1) is 0 Å². The number of aliphatic carboxylic acids is 1. The number of hydrogen-bond donors (Lipinski definition) is 1. The number of carboxylic acids is 1. The zero-order chi connectivity index (χ0) is 9.68. The van der Waals surface area contributed by atoms with Crippen molar-refractivity contribution in [2.75, 3.05) is 19.6 Å². The first-order chi connectivity index (χ1) is 6.22. The van der Waals surface area contributed by atoms with Gasteiger partial charge in [0.15, 0.2) is 0 Å². The Hall–Kier alpha value is -0.570. The van der Waals surface area contributed by atoms with E-state index >= 15 is 0 Å². The van der Waals surface area contributed by atoms with Crippen LogP contribution in [0.3, 0.4) is 0 Å². The van der Waals surface area contributed by atoms with Gasteiger partial charge in [-0.2, -0.15) is 0 Å². The second-order valence-electron chi connectivity index (χ2n) is 3.83.